The predicted molar refractivity (Wildman–Crippen MR) is 131 cm³/mol. The number of hydrazone groups is 1. The lowest BCUT2D eigenvalue weighted by Crippen LogP contribution is -2.30. The largest absolute Gasteiger partial charge is 0.497 e. The van der Waals surface area contributed by atoms with E-state index in [1.165, 1.54) is 16.3 Å². The Kier molecular flexibility index (Phi) is 7.07. The van der Waals surface area contributed by atoms with Crippen molar-refractivity contribution in [3.8, 4) is 17.2 Å². The van der Waals surface area contributed by atoms with Crippen LogP contribution in [0.1, 0.15) is 5.56 Å². The first-order valence-corrected chi connectivity index (χ1v) is 11.1. The van der Waals surface area contributed by atoms with Crippen molar-refractivity contribution in [1.82, 2.24) is 4.98 Å². The van der Waals surface area contributed by atoms with Crippen molar-refractivity contribution in [1.29, 1.82) is 0 Å². The standard InChI is InChI=1S/C24H20ClN3O4S/c1-30-18-7-3-16(4-8-18)14-26-28(23(29)15-32-19-9-5-17(25)6-10-19)24-27-21-12-11-20(31-2)13-22(21)33-24/h3-14H,15H2,1-2H3/b26-14+. The maximum absolute atomic E-state index is 13.1. The van der Waals surface area contributed by atoms with Gasteiger partial charge in [-0.2, -0.15) is 10.1 Å². The zero-order valence-electron chi connectivity index (χ0n) is 17.9. The molecule has 1 heterocycles. The molecular weight excluding hydrogens is 462 g/mol. The molecule has 33 heavy (non-hydrogen) atoms. The van der Waals surface area contributed by atoms with Gasteiger partial charge in [0, 0.05) is 5.02 Å². The molecule has 0 bridgehead atoms. The van der Waals surface area contributed by atoms with Crippen LogP contribution in [0.3, 0.4) is 0 Å². The minimum Gasteiger partial charge on any atom is -0.497 e. The highest BCUT2D eigenvalue weighted by Crippen LogP contribution is 2.32. The van der Waals surface area contributed by atoms with Crippen LogP contribution in [0.5, 0.6) is 17.2 Å². The topological polar surface area (TPSA) is 73.2 Å². The average molecular weight is 482 g/mol. The number of carbonyl (C=O) groups excluding carboxylic acids is 1. The number of amides is 1. The smallest absolute Gasteiger partial charge is 0.287 e. The van der Waals surface area contributed by atoms with Crippen molar-refractivity contribution in [2.24, 2.45) is 5.10 Å². The number of carbonyl (C=O) groups is 1. The number of thiazole rings is 1. The summed E-state index contributed by atoms with van der Waals surface area (Å²) in [4.78, 5) is 17.7. The molecule has 0 saturated carbocycles. The Morgan fingerprint density at radius 1 is 1.00 bits per heavy atom. The number of benzene rings is 3. The Bertz CT molecular complexity index is 1270. The molecule has 9 heteroatoms. The Morgan fingerprint density at radius 2 is 1.67 bits per heavy atom. The van der Waals surface area contributed by atoms with E-state index in [1.54, 1.807) is 44.7 Å². The van der Waals surface area contributed by atoms with Gasteiger partial charge in [0.25, 0.3) is 5.91 Å². The van der Waals surface area contributed by atoms with Crippen molar-refractivity contribution in [2.45, 2.75) is 0 Å². The maximum Gasteiger partial charge on any atom is 0.287 e. The molecule has 0 fully saturated rings. The number of nitrogens with zero attached hydrogens (tertiary/aromatic N) is 3. The van der Waals surface area contributed by atoms with Gasteiger partial charge in [-0.3, -0.25) is 4.79 Å². The van der Waals surface area contributed by atoms with Crippen molar-refractivity contribution >= 4 is 50.4 Å². The fraction of sp³-hybridized carbons (Fsp3) is 0.125. The number of aromatic nitrogens is 1. The molecule has 7 nitrogen and oxygen atoms in total. The van der Waals surface area contributed by atoms with Gasteiger partial charge < -0.3 is 14.2 Å². The molecule has 3 aromatic carbocycles. The third-order valence-corrected chi connectivity index (χ3v) is 5.86. The molecule has 0 saturated heterocycles. The lowest BCUT2D eigenvalue weighted by Gasteiger charge is -2.14. The molecule has 0 atom stereocenters. The maximum atomic E-state index is 13.1. The Hall–Kier alpha value is -3.62. The molecule has 0 N–H and O–H groups in total. The molecule has 0 spiro atoms. The second kappa shape index (κ2) is 10.3. The van der Waals surface area contributed by atoms with Crippen LogP contribution in [0.4, 0.5) is 5.13 Å². The van der Waals surface area contributed by atoms with E-state index in [2.05, 4.69) is 10.1 Å². The number of anilines is 1. The summed E-state index contributed by atoms with van der Waals surface area (Å²) in [7, 11) is 3.21. The summed E-state index contributed by atoms with van der Waals surface area (Å²) in [6, 6.07) is 19.7. The second-order valence-electron chi connectivity index (χ2n) is 6.80. The molecule has 4 aromatic rings. The van der Waals surface area contributed by atoms with E-state index in [9.17, 15) is 4.79 Å². The van der Waals surface area contributed by atoms with Crippen LogP contribution in [0.15, 0.2) is 71.8 Å². The van der Waals surface area contributed by atoms with Crippen LogP contribution >= 0.6 is 22.9 Å². The first kappa shape index (κ1) is 22.6. The first-order valence-electron chi connectivity index (χ1n) is 9.89. The SMILES string of the molecule is COc1ccc(/C=N/N(C(=O)COc2ccc(Cl)cc2)c2nc3ccc(OC)cc3s2)cc1. The fourth-order valence-electron chi connectivity index (χ4n) is 2.88. The van der Waals surface area contributed by atoms with Crippen LogP contribution < -0.4 is 19.2 Å². The van der Waals surface area contributed by atoms with Gasteiger partial charge in [-0.05, 0) is 72.3 Å². The monoisotopic (exact) mass is 481 g/mol. The van der Waals surface area contributed by atoms with Crippen LogP contribution in [-0.2, 0) is 4.79 Å². The van der Waals surface area contributed by atoms with E-state index in [0.717, 1.165) is 21.5 Å². The minimum absolute atomic E-state index is 0.221. The van der Waals surface area contributed by atoms with Crippen LogP contribution in [0.2, 0.25) is 5.02 Å². The van der Waals surface area contributed by atoms with Gasteiger partial charge >= 0.3 is 0 Å². The summed E-state index contributed by atoms with van der Waals surface area (Å²) in [5.41, 5.74) is 1.54. The van der Waals surface area contributed by atoms with Gasteiger partial charge in [0.1, 0.15) is 17.2 Å². The Labute approximate surface area is 199 Å². The number of ether oxygens (including phenoxy) is 3. The summed E-state index contributed by atoms with van der Waals surface area (Å²) >= 11 is 7.25. The zero-order valence-corrected chi connectivity index (χ0v) is 19.5. The third-order valence-electron chi connectivity index (χ3n) is 4.62. The first-order chi connectivity index (χ1) is 16.1. The number of methoxy groups -OCH3 is 2. The molecule has 1 aromatic heterocycles. The molecular formula is C24H20ClN3O4S. The summed E-state index contributed by atoms with van der Waals surface area (Å²) in [5.74, 6) is 1.60. The van der Waals surface area contributed by atoms with E-state index in [4.69, 9.17) is 25.8 Å². The molecule has 0 aliphatic rings. The lowest BCUT2D eigenvalue weighted by atomic mass is 10.2. The van der Waals surface area contributed by atoms with Gasteiger partial charge in [0.15, 0.2) is 6.61 Å². The van der Waals surface area contributed by atoms with Crippen molar-refractivity contribution in [3.63, 3.8) is 0 Å². The van der Waals surface area contributed by atoms with Crippen LogP contribution in [0, 0.1) is 0 Å². The molecule has 4 rings (SSSR count). The minimum atomic E-state index is -0.374. The Morgan fingerprint density at radius 3 is 2.36 bits per heavy atom. The van der Waals surface area contributed by atoms with Crippen LogP contribution in [0.25, 0.3) is 10.2 Å². The summed E-state index contributed by atoms with van der Waals surface area (Å²) < 4.78 is 17.0. The number of hydrogen-bond donors (Lipinski definition) is 0. The molecule has 0 aliphatic heterocycles. The highest BCUT2D eigenvalue weighted by molar-refractivity contribution is 7.22. The normalized spacial score (nSPS) is 11.0. The zero-order chi connectivity index (χ0) is 23.2. The fourth-order valence-corrected chi connectivity index (χ4v) is 3.98. The molecule has 0 aliphatic carbocycles. The van der Waals surface area contributed by atoms with Gasteiger partial charge in [-0.25, -0.2) is 4.98 Å². The molecule has 0 unspecified atom stereocenters. The number of hydrogen-bond acceptors (Lipinski definition) is 7. The summed E-state index contributed by atoms with van der Waals surface area (Å²) in [6.07, 6.45) is 1.59. The van der Waals surface area contributed by atoms with E-state index in [-0.39, 0.29) is 12.5 Å². The highest BCUT2D eigenvalue weighted by Gasteiger charge is 2.20. The number of fused-ring (bicyclic) bond motifs is 1. The van der Waals surface area contributed by atoms with E-state index >= 15 is 0 Å². The van der Waals surface area contributed by atoms with Crippen LogP contribution in [-0.4, -0.2) is 37.9 Å². The van der Waals surface area contributed by atoms with Gasteiger partial charge in [-0.15, -0.1) is 0 Å². The summed E-state index contributed by atoms with van der Waals surface area (Å²) in [6.45, 7) is -0.221. The van der Waals surface area contributed by atoms with Crippen molar-refractivity contribution < 1.29 is 19.0 Å². The number of halogens is 1. The van der Waals surface area contributed by atoms with Crippen molar-refractivity contribution in [2.75, 3.05) is 25.8 Å². The number of rotatable bonds is 8. The van der Waals surface area contributed by atoms with Gasteiger partial charge in [-0.1, -0.05) is 22.9 Å². The quantitative estimate of drug-likeness (QED) is 0.248. The predicted octanol–water partition coefficient (Wildman–Crippen LogP) is 5.41. The molecule has 1 amide bonds. The van der Waals surface area contributed by atoms with Gasteiger partial charge in [0.2, 0.25) is 5.13 Å². The van der Waals surface area contributed by atoms with E-state index in [0.29, 0.717) is 21.7 Å². The average Bonchev–Trinajstić information content (AvgIpc) is 3.27. The van der Waals surface area contributed by atoms with E-state index < -0.39 is 0 Å². The molecule has 168 valence electrons. The lowest BCUT2D eigenvalue weighted by molar-refractivity contribution is -0.120. The van der Waals surface area contributed by atoms with Gasteiger partial charge in [0.05, 0.1) is 30.7 Å². The molecule has 0 radical (unpaired) electrons. The second-order valence-corrected chi connectivity index (χ2v) is 8.24. The summed E-state index contributed by atoms with van der Waals surface area (Å²) in [5, 5.41) is 6.68. The third kappa shape index (κ3) is 5.60. The highest BCUT2D eigenvalue weighted by atomic mass is 35.5. The van der Waals surface area contributed by atoms with Crippen molar-refractivity contribution in [3.05, 3.63) is 77.3 Å². The van der Waals surface area contributed by atoms with E-state index in [1.807, 2.05) is 42.5 Å². The Balaban J connectivity index is 1.60.